The Hall–Kier alpha value is -1.27. The Morgan fingerprint density at radius 3 is 3.14 bits per heavy atom. The zero-order valence-electron chi connectivity index (χ0n) is 12.9. The molecule has 0 bridgehead atoms. The second-order valence-corrected chi connectivity index (χ2v) is 7.57. The number of thioether (sulfide) groups is 1. The predicted octanol–water partition coefficient (Wildman–Crippen LogP) is 3.94. The van der Waals surface area contributed by atoms with E-state index in [9.17, 15) is 4.79 Å². The highest BCUT2D eigenvalue weighted by Gasteiger charge is 2.32. The van der Waals surface area contributed by atoms with Crippen molar-refractivity contribution in [3.63, 3.8) is 0 Å². The van der Waals surface area contributed by atoms with Crippen LogP contribution in [0.15, 0.2) is 23.0 Å². The molecule has 1 fully saturated rings. The van der Waals surface area contributed by atoms with Crippen LogP contribution in [0, 0.1) is 0 Å². The summed E-state index contributed by atoms with van der Waals surface area (Å²) < 4.78 is 0. The van der Waals surface area contributed by atoms with Gasteiger partial charge in [-0.1, -0.05) is 0 Å². The Bertz CT molecular complexity index is 623. The first-order valence-corrected chi connectivity index (χ1v) is 9.84. The molecule has 1 aliphatic heterocycles. The first-order chi connectivity index (χ1) is 10.7. The monoisotopic (exact) mass is 335 g/mol. The van der Waals surface area contributed by atoms with Gasteiger partial charge in [0.05, 0.1) is 23.2 Å². The van der Waals surface area contributed by atoms with E-state index in [-0.39, 0.29) is 17.2 Å². The van der Waals surface area contributed by atoms with Crippen molar-refractivity contribution in [3.05, 3.63) is 28.8 Å². The maximum atomic E-state index is 12.6. The molecule has 3 heterocycles. The Morgan fingerprint density at radius 2 is 2.41 bits per heavy atom. The third-order valence-corrected chi connectivity index (χ3v) is 5.82. The zero-order chi connectivity index (χ0) is 15.5. The lowest BCUT2D eigenvalue weighted by atomic mass is 10.0. The number of imidazole rings is 1. The number of likely N-dealkylation sites (tertiary alicyclic amines) is 1. The number of carbonyl (C=O) groups is 1. The number of aromatic nitrogens is 2. The summed E-state index contributed by atoms with van der Waals surface area (Å²) in [7, 11) is 0. The molecule has 0 radical (unpaired) electrons. The number of thiophene rings is 1. The lowest BCUT2D eigenvalue weighted by Crippen LogP contribution is -2.42. The number of hydrogen-bond acceptors (Lipinski definition) is 4. The molecule has 2 unspecified atom stereocenters. The highest BCUT2D eigenvalue weighted by molar-refractivity contribution is 7.99. The number of aromatic amines is 1. The van der Waals surface area contributed by atoms with Crippen LogP contribution in [0.1, 0.15) is 38.1 Å². The number of piperidine rings is 1. The molecule has 22 heavy (non-hydrogen) atoms. The minimum Gasteiger partial charge on any atom is -0.340 e. The van der Waals surface area contributed by atoms with Gasteiger partial charge in [0.2, 0.25) is 5.91 Å². The Labute approximate surface area is 139 Å². The lowest BCUT2D eigenvalue weighted by molar-refractivity contribution is -0.134. The molecular formula is C16H21N3OS2. The summed E-state index contributed by atoms with van der Waals surface area (Å²) in [5.41, 5.74) is 2.20. The van der Waals surface area contributed by atoms with Gasteiger partial charge >= 0.3 is 0 Å². The lowest BCUT2D eigenvalue weighted by Gasteiger charge is -2.36. The van der Waals surface area contributed by atoms with Gasteiger partial charge in [-0.05, 0) is 43.9 Å². The molecule has 2 atom stereocenters. The molecule has 0 aromatic carbocycles. The van der Waals surface area contributed by atoms with Gasteiger partial charge in [-0.3, -0.25) is 4.79 Å². The van der Waals surface area contributed by atoms with Crippen molar-refractivity contribution in [3.8, 4) is 11.3 Å². The average Bonchev–Trinajstić information content (AvgIpc) is 3.24. The van der Waals surface area contributed by atoms with E-state index in [1.54, 1.807) is 23.1 Å². The van der Waals surface area contributed by atoms with Crippen LogP contribution in [0.5, 0.6) is 0 Å². The molecule has 1 N–H and O–H groups in total. The Morgan fingerprint density at radius 1 is 1.55 bits per heavy atom. The highest BCUT2D eigenvalue weighted by atomic mass is 32.2. The molecule has 0 spiro atoms. The van der Waals surface area contributed by atoms with Gasteiger partial charge in [0.1, 0.15) is 5.82 Å². The third kappa shape index (κ3) is 3.08. The molecule has 4 nitrogen and oxygen atoms in total. The summed E-state index contributed by atoms with van der Waals surface area (Å²) in [6.45, 7) is 2.82. The molecule has 6 heteroatoms. The van der Waals surface area contributed by atoms with Crippen LogP contribution < -0.4 is 0 Å². The van der Waals surface area contributed by atoms with Gasteiger partial charge in [0, 0.05) is 17.5 Å². The van der Waals surface area contributed by atoms with Gasteiger partial charge in [0.15, 0.2) is 0 Å². The fourth-order valence-electron chi connectivity index (χ4n) is 2.88. The number of nitrogens with zero attached hydrogens (tertiary/aromatic N) is 2. The summed E-state index contributed by atoms with van der Waals surface area (Å²) in [6, 6.07) is 2.17. The summed E-state index contributed by atoms with van der Waals surface area (Å²) >= 11 is 3.28. The van der Waals surface area contributed by atoms with E-state index in [1.807, 2.05) is 24.3 Å². The normalized spacial score (nSPS) is 20.1. The molecule has 0 aliphatic carbocycles. The zero-order valence-corrected chi connectivity index (χ0v) is 14.5. The predicted molar refractivity (Wildman–Crippen MR) is 93.2 cm³/mol. The van der Waals surface area contributed by atoms with Gasteiger partial charge in [0.25, 0.3) is 0 Å². The number of nitrogens with one attached hydrogen (secondary N) is 1. The SMILES string of the molecule is CSC(C)C(=O)N1CCCCC1c1ncc(-c2ccsc2)[nH]1. The summed E-state index contributed by atoms with van der Waals surface area (Å²) in [4.78, 5) is 22.6. The number of amides is 1. The van der Waals surface area contributed by atoms with Crippen LogP contribution in [0.2, 0.25) is 0 Å². The van der Waals surface area contributed by atoms with Gasteiger partial charge in [-0.15, -0.1) is 0 Å². The third-order valence-electron chi connectivity index (χ3n) is 4.23. The molecule has 118 valence electrons. The molecule has 2 aromatic heterocycles. The van der Waals surface area contributed by atoms with Crippen molar-refractivity contribution >= 4 is 29.0 Å². The standard InChI is InChI=1S/C16H21N3OS2/c1-11(21-2)16(20)19-7-4-3-5-14(19)15-17-9-13(18-15)12-6-8-22-10-12/h6,8-11,14H,3-5,7H2,1-2H3,(H,17,18). The van der Waals surface area contributed by atoms with Crippen LogP contribution in [0.3, 0.4) is 0 Å². The number of hydrogen-bond donors (Lipinski definition) is 1. The van der Waals surface area contributed by atoms with Crippen molar-refractivity contribution in [1.29, 1.82) is 0 Å². The minimum absolute atomic E-state index is 0.00639. The highest BCUT2D eigenvalue weighted by Crippen LogP contribution is 2.32. The second-order valence-electron chi connectivity index (χ2n) is 5.62. The van der Waals surface area contributed by atoms with Crippen LogP contribution in [0.4, 0.5) is 0 Å². The molecule has 0 saturated carbocycles. The van der Waals surface area contributed by atoms with E-state index in [1.165, 1.54) is 0 Å². The van der Waals surface area contributed by atoms with E-state index in [0.29, 0.717) is 0 Å². The van der Waals surface area contributed by atoms with E-state index in [4.69, 9.17) is 0 Å². The number of rotatable bonds is 4. The smallest absolute Gasteiger partial charge is 0.236 e. The van der Waals surface area contributed by atoms with Crippen molar-refractivity contribution in [2.24, 2.45) is 0 Å². The van der Waals surface area contributed by atoms with Gasteiger partial charge in [-0.25, -0.2) is 4.98 Å². The average molecular weight is 335 g/mol. The second kappa shape index (κ2) is 6.87. The largest absolute Gasteiger partial charge is 0.340 e. The minimum atomic E-state index is 0.00639. The molecular weight excluding hydrogens is 314 g/mol. The maximum absolute atomic E-state index is 12.6. The van der Waals surface area contributed by atoms with Crippen molar-refractivity contribution in [2.75, 3.05) is 12.8 Å². The van der Waals surface area contributed by atoms with E-state index in [2.05, 4.69) is 26.8 Å². The van der Waals surface area contributed by atoms with Crippen LogP contribution in [-0.2, 0) is 4.79 Å². The number of carbonyl (C=O) groups excluding carboxylic acids is 1. The topological polar surface area (TPSA) is 49.0 Å². The van der Waals surface area contributed by atoms with Gasteiger partial charge < -0.3 is 9.88 Å². The first-order valence-electron chi connectivity index (χ1n) is 7.61. The fraction of sp³-hybridized carbons (Fsp3) is 0.500. The van der Waals surface area contributed by atoms with Crippen molar-refractivity contribution in [1.82, 2.24) is 14.9 Å². The maximum Gasteiger partial charge on any atom is 0.236 e. The summed E-state index contributed by atoms with van der Waals surface area (Å²) in [5.74, 6) is 1.15. The Kier molecular flexibility index (Phi) is 4.88. The number of H-pyrrole nitrogens is 1. The van der Waals surface area contributed by atoms with Crippen LogP contribution in [0.25, 0.3) is 11.3 Å². The molecule has 1 aliphatic rings. The van der Waals surface area contributed by atoms with Crippen molar-refractivity contribution in [2.45, 2.75) is 37.5 Å². The van der Waals surface area contributed by atoms with Crippen LogP contribution >= 0.6 is 23.1 Å². The van der Waals surface area contributed by atoms with E-state index >= 15 is 0 Å². The molecule has 3 rings (SSSR count). The summed E-state index contributed by atoms with van der Waals surface area (Å²) in [5, 5.41) is 4.18. The fourth-order valence-corrected chi connectivity index (χ4v) is 3.88. The summed E-state index contributed by atoms with van der Waals surface area (Å²) in [6.07, 6.45) is 7.09. The van der Waals surface area contributed by atoms with Crippen LogP contribution in [-0.4, -0.2) is 38.8 Å². The molecule has 1 amide bonds. The van der Waals surface area contributed by atoms with E-state index in [0.717, 1.165) is 42.9 Å². The van der Waals surface area contributed by atoms with Gasteiger partial charge in [-0.2, -0.15) is 23.1 Å². The first kappa shape index (κ1) is 15.6. The van der Waals surface area contributed by atoms with Crippen molar-refractivity contribution < 1.29 is 4.79 Å². The molecule has 1 saturated heterocycles. The molecule has 2 aromatic rings. The van der Waals surface area contributed by atoms with E-state index < -0.39 is 0 Å². The Balaban J connectivity index is 1.83. The quantitative estimate of drug-likeness (QED) is 0.920.